The van der Waals surface area contributed by atoms with Crippen molar-refractivity contribution in [2.75, 3.05) is 6.54 Å². The van der Waals surface area contributed by atoms with Gasteiger partial charge in [-0.2, -0.15) is 0 Å². The van der Waals surface area contributed by atoms with Gasteiger partial charge in [-0.3, -0.25) is 0 Å². The molecule has 14 heavy (non-hydrogen) atoms. The Balaban J connectivity index is 1.96. The summed E-state index contributed by atoms with van der Waals surface area (Å²) in [5.41, 5.74) is 1.30. The summed E-state index contributed by atoms with van der Waals surface area (Å²) < 4.78 is 0. The maximum Gasteiger partial charge on any atom is 0.0696 e. The molecule has 1 heterocycles. The lowest BCUT2D eigenvalue weighted by Gasteiger charge is -2.29. The molecule has 2 rings (SSSR count). The molecule has 2 atom stereocenters. The van der Waals surface area contributed by atoms with E-state index in [0.717, 1.165) is 25.8 Å². The molecule has 2 heteroatoms. The molecule has 1 aromatic carbocycles. The van der Waals surface area contributed by atoms with Crippen LogP contribution in [0.2, 0.25) is 0 Å². The largest absolute Gasteiger partial charge is 0.391 e. The van der Waals surface area contributed by atoms with Crippen LogP contribution in [0.15, 0.2) is 30.3 Å². The lowest BCUT2D eigenvalue weighted by Crippen LogP contribution is -2.46. The summed E-state index contributed by atoms with van der Waals surface area (Å²) in [6.07, 6.45) is 2.78. The molecule has 0 amide bonds. The van der Waals surface area contributed by atoms with E-state index >= 15 is 0 Å². The fourth-order valence-electron chi connectivity index (χ4n) is 2.01. The second kappa shape index (κ2) is 4.58. The molecule has 0 spiro atoms. The fraction of sp³-hybridized carbons (Fsp3) is 0.500. The third kappa shape index (κ3) is 2.34. The number of aliphatic hydroxyl groups is 1. The van der Waals surface area contributed by atoms with Crippen LogP contribution in [0.3, 0.4) is 0 Å². The van der Waals surface area contributed by atoms with Crippen molar-refractivity contribution < 1.29 is 5.11 Å². The molecule has 76 valence electrons. The summed E-state index contributed by atoms with van der Waals surface area (Å²) in [5.74, 6) is 0. The summed E-state index contributed by atoms with van der Waals surface area (Å²) in [5, 5.41) is 13.1. The Bertz CT molecular complexity index is 273. The highest BCUT2D eigenvalue weighted by molar-refractivity contribution is 5.16. The molecule has 1 saturated heterocycles. The Morgan fingerprint density at radius 1 is 1.29 bits per heavy atom. The average molecular weight is 191 g/mol. The van der Waals surface area contributed by atoms with E-state index in [-0.39, 0.29) is 12.1 Å². The van der Waals surface area contributed by atoms with Gasteiger partial charge in [-0.25, -0.2) is 0 Å². The van der Waals surface area contributed by atoms with Gasteiger partial charge in [0, 0.05) is 6.04 Å². The van der Waals surface area contributed by atoms with Crippen molar-refractivity contribution in [1.82, 2.24) is 5.32 Å². The van der Waals surface area contributed by atoms with Crippen molar-refractivity contribution in [3.63, 3.8) is 0 Å². The number of piperidine rings is 1. The molecule has 0 bridgehead atoms. The Morgan fingerprint density at radius 2 is 2.07 bits per heavy atom. The first-order valence-corrected chi connectivity index (χ1v) is 5.31. The first-order chi connectivity index (χ1) is 6.86. The molecule has 1 fully saturated rings. The molecule has 0 unspecified atom stereocenters. The lowest BCUT2D eigenvalue weighted by molar-refractivity contribution is 0.0964. The monoisotopic (exact) mass is 191 g/mol. The van der Waals surface area contributed by atoms with Crippen molar-refractivity contribution in [1.29, 1.82) is 0 Å². The Hall–Kier alpha value is -0.860. The van der Waals surface area contributed by atoms with E-state index in [1.54, 1.807) is 0 Å². The molecule has 0 aliphatic carbocycles. The second-order valence-electron chi connectivity index (χ2n) is 3.96. The molecule has 1 aliphatic rings. The summed E-state index contributed by atoms with van der Waals surface area (Å²) >= 11 is 0. The van der Waals surface area contributed by atoms with E-state index in [1.165, 1.54) is 5.56 Å². The minimum Gasteiger partial charge on any atom is -0.391 e. The van der Waals surface area contributed by atoms with Crippen LogP contribution in [0.25, 0.3) is 0 Å². The predicted molar refractivity (Wildman–Crippen MR) is 57.2 cm³/mol. The number of hydrogen-bond acceptors (Lipinski definition) is 2. The molecular weight excluding hydrogens is 174 g/mol. The first-order valence-electron chi connectivity index (χ1n) is 5.31. The zero-order chi connectivity index (χ0) is 9.80. The molecule has 2 nitrogen and oxygen atoms in total. The summed E-state index contributed by atoms with van der Waals surface area (Å²) in [6, 6.07) is 10.6. The van der Waals surface area contributed by atoms with Crippen molar-refractivity contribution in [3.8, 4) is 0 Å². The summed E-state index contributed by atoms with van der Waals surface area (Å²) in [6.45, 7) is 1.04. The molecule has 0 radical (unpaired) electrons. The highest BCUT2D eigenvalue weighted by Gasteiger charge is 2.22. The highest BCUT2D eigenvalue weighted by atomic mass is 16.3. The summed E-state index contributed by atoms with van der Waals surface area (Å²) in [7, 11) is 0. The van der Waals surface area contributed by atoms with Crippen LogP contribution < -0.4 is 5.32 Å². The third-order valence-electron chi connectivity index (χ3n) is 2.85. The van der Waals surface area contributed by atoms with E-state index in [1.807, 2.05) is 18.2 Å². The topological polar surface area (TPSA) is 32.3 Å². The van der Waals surface area contributed by atoms with Gasteiger partial charge in [-0.1, -0.05) is 30.3 Å². The maximum absolute atomic E-state index is 9.77. The van der Waals surface area contributed by atoms with Crippen LogP contribution in [0.4, 0.5) is 0 Å². The number of rotatable bonds is 2. The quantitative estimate of drug-likeness (QED) is 0.739. The minimum atomic E-state index is -0.177. The zero-order valence-electron chi connectivity index (χ0n) is 8.32. The fourth-order valence-corrected chi connectivity index (χ4v) is 2.01. The van der Waals surface area contributed by atoms with Crippen molar-refractivity contribution in [2.45, 2.75) is 31.4 Å². The van der Waals surface area contributed by atoms with Crippen LogP contribution >= 0.6 is 0 Å². The van der Waals surface area contributed by atoms with Gasteiger partial charge in [-0.05, 0) is 31.4 Å². The Labute approximate surface area is 85.0 Å². The van der Waals surface area contributed by atoms with E-state index in [4.69, 9.17) is 0 Å². The van der Waals surface area contributed by atoms with Gasteiger partial charge in [0.2, 0.25) is 0 Å². The van der Waals surface area contributed by atoms with Crippen molar-refractivity contribution in [3.05, 3.63) is 35.9 Å². The minimum absolute atomic E-state index is 0.177. The van der Waals surface area contributed by atoms with Gasteiger partial charge in [0.05, 0.1) is 6.10 Å². The normalized spacial score (nSPS) is 27.5. The second-order valence-corrected chi connectivity index (χ2v) is 3.96. The van der Waals surface area contributed by atoms with E-state index < -0.39 is 0 Å². The van der Waals surface area contributed by atoms with Gasteiger partial charge < -0.3 is 10.4 Å². The highest BCUT2D eigenvalue weighted by Crippen LogP contribution is 2.13. The van der Waals surface area contributed by atoms with Gasteiger partial charge >= 0.3 is 0 Å². The maximum atomic E-state index is 9.77. The average Bonchev–Trinajstić information content (AvgIpc) is 2.23. The molecule has 0 aromatic heterocycles. The van der Waals surface area contributed by atoms with Gasteiger partial charge in [-0.15, -0.1) is 0 Å². The van der Waals surface area contributed by atoms with Crippen LogP contribution in [0.1, 0.15) is 18.4 Å². The number of nitrogens with one attached hydrogen (secondary N) is 1. The number of benzene rings is 1. The molecule has 1 aliphatic heterocycles. The van der Waals surface area contributed by atoms with E-state index in [0.29, 0.717) is 0 Å². The number of aliphatic hydroxyl groups excluding tert-OH is 1. The zero-order valence-corrected chi connectivity index (χ0v) is 8.32. The Kier molecular flexibility index (Phi) is 3.17. The SMILES string of the molecule is O[C@H]1CCCN[C@H]1Cc1ccccc1. The summed E-state index contributed by atoms with van der Waals surface area (Å²) in [4.78, 5) is 0. The first kappa shape index (κ1) is 9.69. The number of hydrogen-bond donors (Lipinski definition) is 2. The van der Waals surface area contributed by atoms with Crippen LogP contribution in [0, 0.1) is 0 Å². The lowest BCUT2D eigenvalue weighted by atomic mass is 9.95. The van der Waals surface area contributed by atoms with Crippen LogP contribution in [-0.4, -0.2) is 23.8 Å². The Morgan fingerprint density at radius 3 is 2.79 bits per heavy atom. The molecule has 0 saturated carbocycles. The van der Waals surface area contributed by atoms with Crippen LogP contribution in [0.5, 0.6) is 0 Å². The molecule has 2 N–H and O–H groups in total. The van der Waals surface area contributed by atoms with Gasteiger partial charge in [0.1, 0.15) is 0 Å². The molecular formula is C12H17NO. The van der Waals surface area contributed by atoms with Crippen LogP contribution in [-0.2, 0) is 6.42 Å². The van der Waals surface area contributed by atoms with Gasteiger partial charge in [0.15, 0.2) is 0 Å². The van der Waals surface area contributed by atoms with Gasteiger partial charge in [0.25, 0.3) is 0 Å². The van der Waals surface area contributed by atoms with Crippen molar-refractivity contribution in [2.24, 2.45) is 0 Å². The van der Waals surface area contributed by atoms with Crippen molar-refractivity contribution >= 4 is 0 Å². The van der Waals surface area contributed by atoms with E-state index in [9.17, 15) is 5.11 Å². The third-order valence-corrected chi connectivity index (χ3v) is 2.85. The smallest absolute Gasteiger partial charge is 0.0696 e. The molecule has 1 aromatic rings. The standard InChI is InChI=1S/C12H17NO/c14-12-7-4-8-13-11(12)9-10-5-2-1-3-6-10/h1-3,5-6,11-14H,4,7-9H2/t11-,12-/m0/s1. The predicted octanol–water partition coefficient (Wildman–Crippen LogP) is 1.34. The van der Waals surface area contributed by atoms with E-state index in [2.05, 4.69) is 17.4 Å².